The summed E-state index contributed by atoms with van der Waals surface area (Å²) in [6.45, 7) is 0. The van der Waals surface area contributed by atoms with Crippen LogP contribution in [-0.4, -0.2) is 0 Å². The molecule has 0 heterocycles. The number of benzene rings is 12. The lowest BCUT2D eigenvalue weighted by Gasteiger charge is -2.17. The molecule has 0 radical (unpaired) electrons. The summed E-state index contributed by atoms with van der Waals surface area (Å²) < 4.78 is 0. The molecule has 12 rings (SSSR count). The molecule has 0 aliphatic carbocycles. The normalized spacial score (nSPS) is 12.2. The third-order valence-corrected chi connectivity index (χ3v) is 11.7. The summed E-state index contributed by atoms with van der Waals surface area (Å²) in [5, 5.41) is 20.9. The molecule has 0 aliphatic heterocycles. The van der Waals surface area contributed by atoms with Gasteiger partial charge in [0.25, 0.3) is 0 Å². The van der Waals surface area contributed by atoms with E-state index in [-0.39, 0.29) is 0 Å². The van der Waals surface area contributed by atoms with Crippen molar-refractivity contribution in [3.05, 3.63) is 182 Å². The van der Waals surface area contributed by atoms with E-state index in [1.807, 2.05) is 0 Å². The van der Waals surface area contributed by atoms with Gasteiger partial charge in [-0.3, -0.25) is 0 Å². The molecule has 0 aromatic heterocycles. The molecule has 12 aromatic carbocycles. The Labute approximate surface area is 300 Å². The van der Waals surface area contributed by atoms with Gasteiger partial charge < -0.3 is 0 Å². The minimum absolute atomic E-state index is 1.25. The predicted molar refractivity (Wildman–Crippen MR) is 225 cm³/mol. The fourth-order valence-corrected chi connectivity index (χ4v) is 9.39. The van der Waals surface area contributed by atoms with Crippen LogP contribution in [0.3, 0.4) is 0 Å². The van der Waals surface area contributed by atoms with E-state index in [0.717, 1.165) is 0 Å². The van der Waals surface area contributed by atoms with Crippen LogP contribution in [0.4, 0.5) is 0 Å². The van der Waals surface area contributed by atoms with Gasteiger partial charge in [0.05, 0.1) is 0 Å². The predicted octanol–water partition coefficient (Wildman–Crippen LogP) is 14.8. The Balaban J connectivity index is 1.04. The number of rotatable bonds is 3. The van der Waals surface area contributed by atoms with Gasteiger partial charge in [0.15, 0.2) is 0 Å². The lowest BCUT2D eigenvalue weighted by Crippen LogP contribution is -1.91. The van der Waals surface area contributed by atoms with Crippen molar-refractivity contribution in [1.82, 2.24) is 0 Å². The van der Waals surface area contributed by atoms with E-state index >= 15 is 0 Å². The third-order valence-electron chi connectivity index (χ3n) is 11.7. The maximum absolute atomic E-state index is 2.38. The van der Waals surface area contributed by atoms with E-state index in [9.17, 15) is 0 Å². The highest BCUT2D eigenvalue weighted by atomic mass is 14.2. The first kappa shape index (κ1) is 28.0. The summed E-state index contributed by atoms with van der Waals surface area (Å²) >= 11 is 0. The van der Waals surface area contributed by atoms with E-state index in [2.05, 4.69) is 182 Å². The zero-order valence-electron chi connectivity index (χ0n) is 28.3. The van der Waals surface area contributed by atoms with Gasteiger partial charge in [0.2, 0.25) is 0 Å². The fraction of sp³-hybridized carbons (Fsp3) is 0. The smallest absolute Gasteiger partial charge is 0.00264 e. The Morgan fingerprint density at radius 2 is 0.462 bits per heavy atom. The van der Waals surface area contributed by atoms with Crippen molar-refractivity contribution in [3.63, 3.8) is 0 Å². The Morgan fingerprint density at radius 3 is 0.808 bits per heavy atom. The minimum Gasteiger partial charge on any atom is -0.0616 e. The van der Waals surface area contributed by atoms with Gasteiger partial charge in [0, 0.05) is 0 Å². The second-order valence-corrected chi connectivity index (χ2v) is 14.4. The SMILES string of the molecule is c1cc2ccc3cc(-c4ccc(-c5ccc(-c6cc7ccc8cccc9ccc(c6)c7c89)c6ccccc56)c5ccccc45)cc4ccc(c1)c2c34. The van der Waals surface area contributed by atoms with E-state index in [0.29, 0.717) is 0 Å². The van der Waals surface area contributed by atoms with E-state index in [1.54, 1.807) is 0 Å². The van der Waals surface area contributed by atoms with Crippen LogP contribution in [-0.2, 0) is 0 Å². The molecule has 0 saturated carbocycles. The number of fused-ring (bicyclic) bond motifs is 2. The monoisotopic (exact) mass is 654 g/mol. The summed E-state index contributed by atoms with van der Waals surface area (Å²) in [5.74, 6) is 0. The van der Waals surface area contributed by atoms with Crippen LogP contribution >= 0.6 is 0 Å². The Bertz CT molecular complexity index is 3040. The molecule has 0 amide bonds. The molecule has 0 aliphatic rings. The van der Waals surface area contributed by atoms with Gasteiger partial charge in [-0.1, -0.05) is 158 Å². The molecule has 0 nitrogen and oxygen atoms in total. The first-order chi connectivity index (χ1) is 25.8. The highest BCUT2D eigenvalue weighted by molar-refractivity contribution is 6.25. The molecular weight excluding hydrogens is 625 g/mol. The molecule has 12 aromatic rings. The molecule has 0 N–H and O–H groups in total. The molecule has 0 fully saturated rings. The molecule has 0 heteroatoms. The van der Waals surface area contributed by atoms with E-state index in [1.165, 1.54) is 120 Å². The zero-order valence-corrected chi connectivity index (χ0v) is 28.3. The van der Waals surface area contributed by atoms with Gasteiger partial charge in [-0.15, -0.1) is 0 Å². The van der Waals surface area contributed by atoms with Gasteiger partial charge >= 0.3 is 0 Å². The van der Waals surface area contributed by atoms with Crippen molar-refractivity contribution < 1.29 is 0 Å². The summed E-state index contributed by atoms with van der Waals surface area (Å²) in [6.07, 6.45) is 0. The summed E-state index contributed by atoms with van der Waals surface area (Å²) in [5.41, 5.74) is 7.55. The Morgan fingerprint density at radius 1 is 0.192 bits per heavy atom. The molecule has 52 heavy (non-hydrogen) atoms. The average Bonchev–Trinajstić information content (AvgIpc) is 3.21. The quantitative estimate of drug-likeness (QED) is 0.166. The van der Waals surface area contributed by atoms with Gasteiger partial charge in [-0.2, -0.15) is 0 Å². The van der Waals surface area contributed by atoms with Crippen molar-refractivity contribution >= 4 is 86.2 Å². The number of hydrogen-bond donors (Lipinski definition) is 0. The van der Waals surface area contributed by atoms with Crippen LogP contribution in [0.5, 0.6) is 0 Å². The van der Waals surface area contributed by atoms with Gasteiger partial charge in [-0.25, -0.2) is 0 Å². The molecule has 0 atom stereocenters. The van der Waals surface area contributed by atoms with Crippen LogP contribution in [0.15, 0.2) is 182 Å². The molecule has 0 saturated heterocycles. The Kier molecular flexibility index (Phi) is 5.59. The maximum Gasteiger partial charge on any atom is -0.00264 e. The lowest BCUT2D eigenvalue weighted by atomic mass is 9.86. The van der Waals surface area contributed by atoms with E-state index in [4.69, 9.17) is 0 Å². The van der Waals surface area contributed by atoms with Crippen molar-refractivity contribution in [3.8, 4) is 33.4 Å². The molecule has 0 unspecified atom stereocenters. The summed E-state index contributed by atoms with van der Waals surface area (Å²) in [7, 11) is 0. The zero-order chi connectivity index (χ0) is 33.9. The van der Waals surface area contributed by atoms with Gasteiger partial charge in [-0.05, 0) is 144 Å². The van der Waals surface area contributed by atoms with Crippen molar-refractivity contribution in [2.45, 2.75) is 0 Å². The Hall–Kier alpha value is -6.76. The number of hydrogen-bond acceptors (Lipinski definition) is 0. The first-order valence-corrected chi connectivity index (χ1v) is 18.2. The molecule has 238 valence electrons. The standard InChI is InChI=1S/C52H30/c1-3-13-45-43(11-1)41(39-27-35-19-15-31-7-5-8-32-16-20-36(28-39)51(35)49(31)32)23-25-47(45)48-26-24-42(44-12-2-4-14-46(44)48)40-29-37-21-17-33-9-6-10-34-18-22-38(30-40)52(37)50(33)34/h1-30H. The highest BCUT2D eigenvalue weighted by Gasteiger charge is 2.17. The van der Waals surface area contributed by atoms with Crippen LogP contribution in [0.1, 0.15) is 0 Å². The van der Waals surface area contributed by atoms with Crippen molar-refractivity contribution in [1.29, 1.82) is 0 Å². The lowest BCUT2D eigenvalue weighted by molar-refractivity contribution is 1.65. The maximum atomic E-state index is 2.38. The molecular formula is C52H30. The topological polar surface area (TPSA) is 0 Å². The van der Waals surface area contributed by atoms with Crippen LogP contribution < -0.4 is 0 Å². The average molecular weight is 655 g/mol. The molecule has 0 bridgehead atoms. The van der Waals surface area contributed by atoms with Crippen molar-refractivity contribution in [2.75, 3.05) is 0 Å². The molecule has 0 spiro atoms. The fourth-order valence-electron chi connectivity index (χ4n) is 9.39. The summed E-state index contributed by atoms with van der Waals surface area (Å²) in [6, 6.07) is 68.2. The highest BCUT2D eigenvalue weighted by Crippen LogP contribution is 2.44. The van der Waals surface area contributed by atoms with Crippen molar-refractivity contribution in [2.24, 2.45) is 0 Å². The van der Waals surface area contributed by atoms with Crippen LogP contribution in [0.2, 0.25) is 0 Å². The first-order valence-electron chi connectivity index (χ1n) is 18.2. The third kappa shape index (κ3) is 3.87. The van der Waals surface area contributed by atoms with Gasteiger partial charge in [0.1, 0.15) is 0 Å². The van der Waals surface area contributed by atoms with Crippen LogP contribution in [0, 0.1) is 0 Å². The van der Waals surface area contributed by atoms with E-state index < -0.39 is 0 Å². The second kappa shape index (κ2) is 10.4. The summed E-state index contributed by atoms with van der Waals surface area (Å²) in [4.78, 5) is 0. The minimum atomic E-state index is 1.25. The second-order valence-electron chi connectivity index (χ2n) is 14.4. The van der Waals surface area contributed by atoms with Crippen LogP contribution in [0.25, 0.3) is 120 Å². The largest absolute Gasteiger partial charge is 0.0616 e.